The molecule has 1 aliphatic heterocycles. The second kappa shape index (κ2) is 6.44. The van der Waals surface area contributed by atoms with Gasteiger partial charge in [0.25, 0.3) is 0 Å². The lowest BCUT2D eigenvalue weighted by Crippen LogP contribution is -2.44. The second-order valence-electron chi connectivity index (χ2n) is 5.90. The Hall–Kier alpha value is -1.95. The molecule has 3 rings (SSSR count). The van der Waals surface area contributed by atoms with Crippen LogP contribution < -0.4 is 15.5 Å². The fraction of sp³-hybridized carbons (Fsp3) is 0.500. The molecule has 1 saturated heterocycles. The van der Waals surface area contributed by atoms with E-state index >= 15 is 0 Å². The van der Waals surface area contributed by atoms with E-state index in [1.807, 2.05) is 19.9 Å². The summed E-state index contributed by atoms with van der Waals surface area (Å²) >= 11 is 0. The number of nitrogens with one attached hydrogen (secondary N) is 2. The Bertz CT molecular complexity index is 605. The highest BCUT2D eigenvalue weighted by molar-refractivity contribution is 5.49. The molecule has 1 unspecified atom stereocenters. The van der Waals surface area contributed by atoms with Gasteiger partial charge in [0.1, 0.15) is 11.6 Å². The molecular weight excluding hydrogens is 281 g/mol. The van der Waals surface area contributed by atoms with Gasteiger partial charge in [0.05, 0.1) is 0 Å². The highest BCUT2D eigenvalue weighted by atomic mass is 19.1. The quantitative estimate of drug-likeness (QED) is 0.898. The molecule has 1 atom stereocenters. The van der Waals surface area contributed by atoms with Crippen molar-refractivity contribution in [2.75, 3.05) is 36.4 Å². The van der Waals surface area contributed by atoms with Crippen molar-refractivity contribution < 1.29 is 4.39 Å². The summed E-state index contributed by atoms with van der Waals surface area (Å²) in [5.41, 5.74) is 1.92. The highest BCUT2D eigenvalue weighted by Gasteiger charge is 2.18. The first-order chi connectivity index (χ1) is 10.6. The lowest BCUT2D eigenvalue weighted by Gasteiger charge is -2.28. The molecule has 0 radical (unpaired) electrons. The third-order valence-corrected chi connectivity index (χ3v) is 3.99. The van der Waals surface area contributed by atoms with Gasteiger partial charge in [-0.15, -0.1) is 0 Å². The lowest BCUT2D eigenvalue weighted by molar-refractivity contribution is 0.522. The van der Waals surface area contributed by atoms with E-state index in [1.165, 1.54) is 6.08 Å². The topological polar surface area (TPSA) is 53.1 Å². The zero-order valence-electron chi connectivity index (χ0n) is 13.1. The minimum atomic E-state index is -0.0709. The molecule has 1 aromatic rings. The Morgan fingerprint density at radius 3 is 2.77 bits per heavy atom. The molecule has 0 aromatic carbocycles. The van der Waals surface area contributed by atoms with Crippen molar-refractivity contribution in [3.63, 3.8) is 0 Å². The van der Waals surface area contributed by atoms with E-state index in [0.29, 0.717) is 6.42 Å². The molecule has 118 valence electrons. The smallest absolute Gasteiger partial charge is 0.227 e. The molecule has 1 aromatic heterocycles. The third-order valence-electron chi connectivity index (χ3n) is 3.99. The lowest BCUT2D eigenvalue weighted by atomic mass is 9.98. The number of aromatic nitrogens is 2. The Morgan fingerprint density at radius 2 is 2.05 bits per heavy atom. The molecule has 2 heterocycles. The van der Waals surface area contributed by atoms with Crippen LogP contribution >= 0.6 is 0 Å². The number of allylic oxidation sites excluding steroid dienone is 4. The van der Waals surface area contributed by atoms with Crippen molar-refractivity contribution in [3.8, 4) is 0 Å². The first-order valence-electron chi connectivity index (χ1n) is 7.76. The first kappa shape index (κ1) is 15.0. The summed E-state index contributed by atoms with van der Waals surface area (Å²) < 4.78 is 13.3. The molecule has 5 nitrogen and oxygen atoms in total. The number of halogens is 1. The third kappa shape index (κ3) is 3.44. The van der Waals surface area contributed by atoms with Gasteiger partial charge in [0.2, 0.25) is 5.95 Å². The predicted octanol–water partition coefficient (Wildman–Crippen LogP) is 2.38. The van der Waals surface area contributed by atoms with Gasteiger partial charge in [-0.2, -0.15) is 4.98 Å². The average molecular weight is 303 g/mol. The molecule has 2 aliphatic rings. The van der Waals surface area contributed by atoms with Gasteiger partial charge < -0.3 is 15.5 Å². The second-order valence-corrected chi connectivity index (χ2v) is 5.90. The van der Waals surface area contributed by atoms with Gasteiger partial charge in [0.15, 0.2) is 0 Å². The van der Waals surface area contributed by atoms with Crippen LogP contribution in [0.5, 0.6) is 0 Å². The summed E-state index contributed by atoms with van der Waals surface area (Å²) in [6.45, 7) is 7.71. The molecule has 0 saturated carbocycles. The van der Waals surface area contributed by atoms with Gasteiger partial charge in [-0.05, 0) is 19.1 Å². The monoisotopic (exact) mass is 303 g/mol. The molecule has 1 aliphatic carbocycles. The van der Waals surface area contributed by atoms with Crippen LogP contribution in [0.25, 0.3) is 0 Å². The highest BCUT2D eigenvalue weighted by Crippen LogP contribution is 2.26. The summed E-state index contributed by atoms with van der Waals surface area (Å²) in [5.74, 6) is 1.59. The van der Waals surface area contributed by atoms with Crippen LogP contribution in [0.4, 0.5) is 16.2 Å². The van der Waals surface area contributed by atoms with Crippen molar-refractivity contribution in [2.24, 2.45) is 5.92 Å². The Kier molecular flexibility index (Phi) is 4.38. The Morgan fingerprint density at radius 1 is 1.27 bits per heavy atom. The Balaban J connectivity index is 1.80. The number of nitrogens with zero attached hydrogens (tertiary/aromatic N) is 3. The molecule has 2 N–H and O–H groups in total. The van der Waals surface area contributed by atoms with E-state index in [0.717, 1.165) is 49.3 Å². The number of piperazine rings is 1. The summed E-state index contributed by atoms with van der Waals surface area (Å²) in [4.78, 5) is 11.4. The molecule has 0 spiro atoms. The SMILES string of the molecule is Cc1cc(NC2=CC=C(F)CC2C)nc(N2CCNCC2)n1. The van der Waals surface area contributed by atoms with Crippen molar-refractivity contribution in [1.82, 2.24) is 15.3 Å². The van der Waals surface area contributed by atoms with E-state index in [1.54, 1.807) is 6.08 Å². The number of aryl methyl sites for hydroxylation is 1. The van der Waals surface area contributed by atoms with Crippen LogP contribution in [-0.2, 0) is 0 Å². The van der Waals surface area contributed by atoms with Crippen LogP contribution in [0, 0.1) is 12.8 Å². The molecule has 6 heteroatoms. The fourth-order valence-electron chi connectivity index (χ4n) is 2.75. The van der Waals surface area contributed by atoms with Crippen molar-refractivity contribution >= 4 is 11.8 Å². The first-order valence-corrected chi connectivity index (χ1v) is 7.76. The average Bonchev–Trinajstić information content (AvgIpc) is 2.50. The molecule has 22 heavy (non-hydrogen) atoms. The van der Waals surface area contributed by atoms with Gasteiger partial charge in [-0.25, -0.2) is 9.37 Å². The van der Waals surface area contributed by atoms with E-state index in [2.05, 4.69) is 25.5 Å². The predicted molar refractivity (Wildman–Crippen MR) is 86.5 cm³/mol. The zero-order chi connectivity index (χ0) is 15.5. The van der Waals surface area contributed by atoms with Gasteiger partial charge in [-0.1, -0.05) is 6.92 Å². The van der Waals surface area contributed by atoms with Crippen LogP contribution in [0.2, 0.25) is 0 Å². The number of anilines is 2. The number of hydrogen-bond donors (Lipinski definition) is 2. The van der Waals surface area contributed by atoms with E-state index in [4.69, 9.17) is 0 Å². The maximum atomic E-state index is 13.3. The van der Waals surface area contributed by atoms with Crippen LogP contribution in [-0.4, -0.2) is 36.1 Å². The summed E-state index contributed by atoms with van der Waals surface area (Å²) in [5, 5.41) is 6.65. The minimum Gasteiger partial charge on any atom is -0.343 e. The Labute approximate surface area is 130 Å². The van der Waals surface area contributed by atoms with E-state index in [9.17, 15) is 4.39 Å². The fourth-order valence-corrected chi connectivity index (χ4v) is 2.75. The summed E-state index contributed by atoms with van der Waals surface area (Å²) in [7, 11) is 0. The molecule has 0 amide bonds. The number of rotatable bonds is 3. The van der Waals surface area contributed by atoms with Gasteiger partial charge >= 0.3 is 0 Å². The standard InChI is InChI=1S/C16H22FN5/c1-11-9-13(17)3-4-14(11)20-15-10-12(2)19-16(21-15)22-7-5-18-6-8-22/h3-4,10-11,18H,5-9H2,1-2H3,(H,19,20,21). The van der Waals surface area contributed by atoms with Crippen LogP contribution in [0.1, 0.15) is 19.0 Å². The van der Waals surface area contributed by atoms with Crippen molar-refractivity contribution in [1.29, 1.82) is 0 Å². The normalized spacial score (nSPS) is 22.1. The summed E-state index contributed by atoms with van der Waals surface area (Å²) in [6, 6.07) is 1.92. The van der Waals surface area contributed by atoms with Crippen LogP contribution in [0.3, 0.4) is 0 Å². The molecule has 0 bridgehead atoms. The minimum absolute atomic E-state index is 0.0709. The largest absolute Gasteiger partial charge is 0.343 e. The van der Waals surface area contributed by atoms with Gasteiger partial charge in [0, 0.05) is 56.0 Å². The maximum absolute atomic E-state index is 13.3. The maximum Gasteiger partial charge on any atom is 0.227 e. The van der Waals surface area contributed by atoms with E-state index < -0.39 is 0 Å². The van der Waals surface area contributed by atoms with Crippen LogP contribution in [0.15, 0.2) is 29.7 Å². The zero-order valence-corrected chi connectivity index (χ0v) is 13.1. The van der Waals surface area contributed by atoms with E-state index in [-0.39, 0.29) is 11.7 Å². The molecular formula is C16H22FN5. The number of hydrogen-bond acceptors (Lipinski definition) is 5. The molecule has 1 fully saturated rings. The van der Waals surface area contributed by atoms with Crippen molar-refractivity contribution in [2.45, 2.75) is 20.3 Å². The van der Waals surface area contributed by atoms with Gasteiger partial charge in [-0.3, -0.25) is 0 Å². The van der Waals surface area contributed by atoms with Crippen molar-refractivity contribution in [3.05, 3.63) is 35.4 Å². The summed E-state index contributed by atoms with van der Waals surface area (Å²) in [6.07, 6.45) is 3.76.